The Morgan fingerprint density at radius 3 is 2.33 bits per heavy atom. The minimum atomic E-state index is -1.14. The number of carboxylic acids is 1. The van der Waals surface area contributed by atoms with Crippen molar-refractivity contribution in [3.63, 3.8) is 0 Å². The van der Waals surface area contributed by atoms with Crippen LogP contribution < -0.4 is 4.74 Å². The first-order chi connectivity index (χ1) is 11.5. The highest BCUT2D eigenvalue weighted by Crippen LogP contribution is 2.29. The summed E-state index contributed by atoms with van der Waals surface area (Å²) in [6.45, 7) is 2.44. The standard InChI is InChI=1S/C19H14O5/c1-2-24-13-6-3-11(4-7-13)9-16-17(20)14-8-5-12(19(22)23)10-15(14)18(16)21/h3-10H,2H2,1H3,(H,22,23)/b16-9-. The normalized spacial score (nSPS) is 14.8. The van der Waals surface area contributed by atoms with Gasteiger partial charge in [-0.15, -0.1) is 0 Å². The molecule has 0 unspecified atom stereocenters. The topological polar surface area (TPSA) is 80.7 Å². The van der Waals surface area contributed by atoms with Gasteiger partial charge in [-0.25, -0.2) is 4.79 Å². The Bertz CT molecular complexity index is 875. The number of ketones is 2. The van der Waals surface area contributed by atoms with E-state index >= 15 is 0 Å². The van der Waals surface area contributed by atoms with Crippen molar-refractivity contribution in [2.24, 2.45) is 0 Å². The largest absolute Gasteiger partial charge is 0.494 e. The van der Waals surface area contributed by atoms with Crippen LogP contribution in [0.1, 0.15) is 43.6 Å². The van der Waals surface area contributed by atoms with Crippen LogP contribution in [0.5, 0.6) is 5.75 Å². The maximum Gasteiger partial charge on any atom is 0.335 e. The van der Waals surface area contributed by atoms with Crippen molar-refractivity contribution in [3.05, 3.63) is 70.3 Å². The molecule has 5 nitrogen and oxygen atoms in total. The van der Waals surface area contributed by atoms with Crippen LogP contribution in [0.15, 0.2) is 48.0 Å². The summed E-state index contributed by atoms with van der Waals surface area (Å²) in [5.41, 5.74) is 1.09. The number of carbonyl (C=O) groups is 3. The predicted octanol–water partition coefficient (Wildman–Crippen LogP) is 3.25. The molecule has 1 N–H and O–H groups in total. The number of Topliss-reactive ketones (excluding diaryl/α,β-unsaturated/α-hetero) is 2. The van der Waals surface area contributed by atoms with E-state index in [1.807, 2.05) is 6.92 Å². The van der Waals surface area contributed by atoms with Crippen molar-refractivity contribution in [1.82, 2.24) is 0 Å². The van der Waals surface area contributed by atoms with Crippen molar-refractivity contribution in [3.8, 4) is 5.75 Å². The van der Waals surface area contributed by atoms with Crippen molar-refractivity contribution >= 4 is 23.6 Å². The molecule has 2 aromatic carbocycles. The zero-order valence-electron chi connectivity index (χ0n) is 12.9. The fourth-order valence-corrected chi connectivity index (χ4v) is 2.58. The number of aromatic carboxylic acids is 1. The number of carbonyl (C=O) groups excluding carboxylic acids is 2. The Kier molecular flexibility index (Phi) is 4.00. The summed E-state index contributed by atoms with van der Waals surface area (Å²) in [7, 11) is 0. The summed E-state index contributed by atoms with van der Waals surface area (Å²) in [4.78, 5) is 35.9. The predicted molar refractivity (Wildman–Crippen MR) is 87.7 cm³/mol. The first kappa shape index (κ1) is 15.7. The summed E-state index contributed by atoms with van der Waals surface area (Å²) in [6.07, 6.45) is 1.51. The zero-order chi connectivity index (χ0) is 17.3. The Morgan fingerprint density at radius 1 is 1.04 bits per heavy atom. The molecule has 24 heavy (non-hydrogen) atoms. The molecule has 0 fully saturated rings. The molecule has 0 spiro atoms. The average molecular weight is 322 g/mol. The molecule has 0 radical (unpaired) electrons. The van der Waals surface area contributed by atoms with Crippen LogP contribution in [-0.4, -0.2) is 29.2 Å². The average Bonchev–Trinajstić information content (AvgIpc) is 2.81. The van der Waals surface area contributed by atoms with E-state index in [4.69, 9.17) is 9.84 Å². The number of hydrogen-bond donors (Lipinski definition) is 1. The summed E-state index contributed by atoms with van der Waals surface area (Å²) < 4.78 is 5.35. The highest BCUT2D eigenvalue weighted by molar-refractivity contribution is 6.41. The van der Waals surface area contributed by atoms with Gasteiger partial charge in [0, 0.05) is 11.1 Å². The molecule has 0 saturated heterocycles. The molecule has 0 heterocycles. The third kappa shape index (κ3) is 2.72. The van der Waals surface area contributed by atoms with Crippen LogP contribution in [0.25, 0.3) is 6.08 Å². The lowest BCUT2D eigenvalue weighted by molar-refractivity contribution is 0.0696. The summed E-state index contributed by atoms with van der Waals surface area (Å²) in [6, 6.07) is 11.0. The first-order valence-corrected chi connectivity index (χ1v) is 7.42. The van der Waals surface area contributed by atoms with E-state index in [1.54, 1.807) is 24.3 Å². The number of carboxylic acid groups (broad SMARTS) is 1. The summed E-state index contributed by atoms with van der Waals surface area (Å²) >= 11 is 0. The molecule has 120 valence electrons. The molecule has 0 aromatic heterocycles. The molecule has 5 heteroatoms. The molecular formula is C19H14O5. The zero-order valence-corrected chi connectivity index (χ0v) is 12.9. The van der Waals surface area contributed by atoms with Gasteiger partial charge < -0.3 is 9.84 Å². The first-order valence-electron chi connectivity index (χ1n) is 7.42. The van der Waals surface area contributed by atoms with Crippen LogP contribution >= 0.6 is 0 Å². The maximum absolute atomic E-state index is 12.4. The lowest BCUT2D eigenvalue weighted by atomic mass is 10.1. The fraction of sp³-hybridized carbons (Fsp3) is 0.105. The highest BCUT2D eigenvalue weighted by Gasteiger charge is 2.33. The van der Waals surface area contributed by atoms with Gasteiger partial charge in [0.2, 0.25) is 0 Å². The summed E-state index contributed by atoms with van der Waals surface area (Å²) in [5.74, 6) is -1.27. The van der Waals surface area contributed by atoms with E-state index in [9.17, 15) is 14.4 Å². The lowest BCUT2D eigenvalue weighted by Crippen LogP contribution is -2.01. The molecule has 0 bridgehead atoms. The molecule has 0 amide bonds. The number of fused-ring (bicyclic) bond motifs is 1. The smallest absolute Gasteiger partial charge is 0.335 e. The number of hydrogen-bond acceptors (Lipinski definition) is 4. The van der Waals surface area contributed by atoms with E-state index in [-0.39, 0.29) is 28.0 Å². The van der Waals surface area contributed by atoms with E-state index in [1.165, 1.54) is 24.3 Å². The van der Waals surface area contributed by atoms with Gasteiger partial charge >= 0.3 is 5.97 Å². The van der Waals surface area contributed by atoms with E-state index in [2.05, 4.69) is 0 Å². The van der Waals surface area contributed by atoms with Crippen LogP contribution in [0, 0.1) is 0 Å². The number of allylic oxidation sites excluding steroid dienone is 1. The van der Waals surface area contributed by atoms with Gasteiger partial charge in [-0.05, 0) is 48.9 Å². The summed E-state index contributed by atoms with van der Waals surface area (Å²) in [5, 5.41) is 9.02. The van der Waals surface area contributed by atoms with Crippen LogP contribution in [-0.2, 0) is 0 Å². The van der Waals surface area contributed by atoms with E-state index in [0.29, 0.717) is 17.9 Å². The SMILES string of the molecule is CCOc1ccc(/C=C2/C(=O)c3ccc(C(=O)O)cc3C2=O)cc1. The van der Waals surface area contributed by atoms with Gasteiger partial charge in [-0.3, -0.25) is 9.59 Å². The minimum absolute atomic E-state index is 0.0165. The van der Waals surface area contributed by atoms with Crippen LogP contribution in [0.2, 0.25) is 0 Å². The number of benzene rings is 2. The molecule has 3 rings (SSSR count). The Labute approximate surface area is 138 Å². The molecule has 1 aliphatic carbocycles. The van der Waals surface area contributed by atoms with Gasteiger partial charge in [0.1, 0.15) is 5.75 Å². The molecule has 2 aromatic rings. The van der Waals surface area contributed by atoms with Gasteiger partial charge in [0.25, 0.3) is 0 Å². The maximum atomic E-state index is 12.4. The molecule has 0 saturated carbocycles. The molecule has 1 aliphatic rings. The molecule has 0 atom stereocenters. The van der Waals surface area contributed by atoms with Crippen molar-refractivity contribution in [2.75, 3.05) is 6.61 Å². The quantitative estimate of drug-likeness (QED) is 0.690. The van der Waals surface area contributed by atoms with E-state index < -0.39 is 11.8 Å². The third-order valence-electron chi connectivity index (χ3n) is 3.75. The Morgan fingerprint density at radius 2 is 1.71 bits per heavy atom. The Hall–Kier alpha value is -3.21. The molecular weight excluding hydrogens is 308 g/mol. The van der Waals surface area contributed by atoms with Gasteiger partial charge in [-0.2, -0.15) is 0 Å². The fourth-order valence-electron chi connectivity index (χ4n) is 2.58. The van der Waals surface area contributed by atoms with Crippen LogP contribution in [0.4, 0.5) is 0 Å². The number of rotatable bonds is 4. The van der Waals surface area contributed by atoms with E-state index in [0.717, 1.165) is 0 Å². The van der Waals surface area contributed by atoms with Gasteiger partial charge in [-0.1, -0.05) is 12.1 Å². The second-order valence-corrected chi connectivity index (χ2v) is 5.28. The number of ether oxygens (including phenoxy) is 1. The highest BCUT2D eigenvalue weighted by atomic mass is 16.5. The second-order valence-electron chi connectivity index (χ2n) is 5.28. The monoisotopic (exact) mass is 322 g/mol. The minimum Gasteiger partial charge on any atom is -0.494 e. The lowest BCUT2D eigenvalue weighted by Gasteiger charge is -2.02. The van der Waals surface area contributed by atoms with Crippen molar-refractivity contribution in [2.45, 2.75) is 6.92 Å². The molecule has 0 aliphatic heterocycles. The van der Waals surface area contributed by atoms with Crippen molar-refractivity contribution in [1.29, 1.82) is 0 Å². The van der Waals surface area contributed by atoms with Crippen LogP contribution in [0.3, 0.4) is 0 Å². The Balaban J connectivity index is 1.96. The third-order valence-corrected chi connectivity index (χ3v) is 3.75. The van der Waals surface area contributed by atoms with Gasteiger partial charge in [0.15, 0.2) is 11.6 Å². The second kappa shape index (κ2) is 6.12. The van der Waals surface area contributed by atoms with Gasteiger partial charge in [0.05, 0.1) is 17.7 Å². The van der Waals surface area contributed by atoms with Crippen molar-refractivity contribution < 1.29 is 24.2 Å².